The Bertz CT molecular complexity index is 1040. The Hall–Kier alpha value is -1.69. The van der Waals surface area contributed by atoms with Crippen LogP contribution in [0.5, 0.6) is 0 Å². The van der Waals surface area contributed by atoms with E-state index in [0.29, 0.717) is 29.5 Å². The van der Waals surface area contributed by atoms with E-state index in [1.54, 1.807) is 28.2 Å². The SMILES string of the molecule is CCSc1nnc(NC(=O)c2ccc(N3CCCCC3)c(S(=O)(=O)N3CCCCC3)c2)s1. The highest BCUT2D eigenvalue weighted by Crippen LogP contribution is 2.33. The van der Waals surface area contributed by atoms with Crippen molar-refractivity contribution >= 4 is 49.8 Å². The van der Waals surface area contributed by atoms with Gasteiger partial charge in [-0.2, -0.15) is 4.31 Å². The Morgan fingerprint density at radius 2 is 1.75 bits per heavy atom. The summed E-state index contributed by atoms with van der Waals surface area (Å²) in [5.41, 5.74) is 1.01. The van der Waals surface area contributed by atoms with Crippen molar-refractivity contribution in [1.29, 1.82) is 0 Å². The number of hydrogen-bond donors (Lipinski definition) is 1. The van der Waals surface area contributed by atoms with E-state index in [0.717, 1.165) is 61.7 Å². The number of thioether (sulfide) groups is 1. The Labute approximate surface area is 197 Å². The zero-order chi connectivity index (χ0) is 22.6. The molecule has 0 spiro atoms. The van der Waals surface area contributed by atoms with Gasteiger partial charge < -0.3 is 4.90 Å². The van der Waals surface area contributed by atoms with E-state index in [-0.39, 0.29) is 10.8 Å². The molecule has 4 rings (SSSR count). The highest BCUT2D eigenvalue weighted by atomic mass is 32.2. The zero-order valence-electron chi connectivity index (χ0n) is 18.2. The van der Waals surface area contributed by atoms with E-state index >= 15 is 0 Å². The first-order valence-electron chi connectivity index (χ1n) is 11.2. The van der Waals surface area contributed by atoms with Crippen molar-refractivity contribution in [3.8, 4) is 0 Å². The normalized spacial score (nSPS) is 18.0. The predicted molar refractivity (Wildman–Crippen MR) is 129 cm³/mol. The molecular weight excluding hydrogens is 466 g/mol. The summed E-state index contributed by atoms with van der Waals surface area (Å²) in [4.78, 5) is 15.3. The first kappa shape index (κ1) is 23.5. The fourth-order valence-electron chi connectivity index (χ4n) is 4.11. The fraction of sp³-hybridized carbons (Fsp3) is 0.571. The third kappa shape index (κ3) is 5.27. The summed E-state index contributed by atoms with van der Waals surface area (Å²) in [5.74, 6) is 0.493. The van der Waals surface area contributed by atoms with Gasteiger partial charge in [-0.3, -0.25) is 10.1 Å². The molecule has 2 saturated heterocycles. The number of aromatic nitrogens is 2. The first-order valence-corrected chi connectivity index (χ1v) is 14.4. The molecule has 0 unspecified atom stereocenters. The monoisotopic (exact) mass is 495 g/mol. The van der Waals surface area contributed by atoms with Crippen LogP contribution in [0, 0.1) is 0 Å². The number of hydrogen-bond acceptors (Lipinski definition) is 8. The van der Waals surface area contributed by atoms with Crippen molar-refractivity contribution in [3.63, 3.8) is 0 Å². The molecular formula is C21H29N5O3S3. The van der Waals surface area contributed by atoms with Crippen molar-refractivity contribution in [1.82, 2.24) is 14.5 Å². The third-order valence-electron chi connectivity index (χ3n) is 5.75. The van der Waals surface area contributed by atoms with Crippen molar-refractivity contribution < 1.29 is 13.2 Å². The lowest BCUT2D eigenvalue weighted by Gasteiger charge is -2.33. The molecule has 0 atom stereocenters. The lowest BCUT2D eigenvalue weighted by molar-refractivity contribution is 0.102. The van der Waals surface area contributed by atoms with Gasteiger partial charge in [0.1, 0.15) is 4.90 Å². The second-order valence-corrected chi connectivity index (χ2v) is 12.4. The van der Waals surface area contributed by atoms with Gasteiger partial charge in [-0.25, -0.2) is 8.42 Å². The van der Waals surface area contributed by atoms with Crippen LogP contribution in [0.25, 0.3) is 0 Å². The maximum atomic E-state index is 13.6. The minimum atomic E-state index is -3.69. The number of carbonyl (C=O) groups excluding carboxylic acids is 1. The second-order valence-electron chi connectivity index (χ2n) is 7.96. The lowest BCUT2D eigenvalue weighted by Crippen LogP contribution is -2.37. The van der Waals surface area contributed by atoms with Gasteiger partial charge in [-0.15, -0.1) is 10.2 Å². The summed E-state index contributed by atoms with van der Waals surface area (Å²) < 4.78 is 29.6. The molecule has 11 heteroatoms. The number of sulfonamides is 1. The van der Waals surface area contributed by atoms with Gasteiger partial charge in [0.2, 0.25) is 15.2 Å². The van der Waals surface area contributed by atoms with Crippen molar-refractivity contribution in [2.45, 2.75) is 54.7 Å². The van der Waals surface area contributed by atoms with E-state index in [2.05, 4.69) is 20.4 Å². The van der Waals surface area contributed by atoms with Crippen molar-refractivity contribution in [3.05, 3.63) is 23.8 Å². The molecule has 8 nitrogen and oxygen atoms in total. The zero-order valence-corrected chi connectivity index (χ0v) is 20.7. The average molecular weight is 496 g/mol. The quantitative estimate of drug-likeness (QED) is 0.457. The van der Waals surface area contributed by atoms with Crippen LogP contribution in [-0.2, 0) is 10.0 Å². The van der Waals surface area contributed by atoms with Crippen LogP contribution in [-0.4, -0.2) is 60.8 Å². The van der Waals surface area contributed by atoms with Gasteiger partial charge in [-0.05, 0) is 56.1 Å². The molecule has 2 aromatic rings. The highest BCUT2D eigenvalue weighted by Gasteiger charge is 2.31. The van der Waals surface area contributed by atoms with E-state index < -0.39 is 10.0 Å². The van der Waals surface area contributed by atoms with Crippen LogP contribution >= 0.6 is 23.1 Å². The molecule has 0 saturated carbocycles. The third-order valence-corrected chi connectivity index (χ3v) is 9.53. The topological polar surface area (TPSA) is 95.5 Å². The summed E-state index contributed by atoms with van der Waals surface area (Å²) in [6.07, 6.45) is 6.03. The molecule has 1 aromatic carbocycles. The second kappa shape index (κ2) is 10.5. The number of amides is 1. The van der Waals surface area contributed by atoms with Crippen LogP contribution in [0.1, 0.15) is 55.8 Å². The maximum Gasteiger partial charge on any atom is 0.257 e. The van der Waals surface area contributed by atoms with Gasteiger partial charge in [-0.1, -0.05) is 36.4 Å². The van der Waals surface area contributed by atoms with Gasteiger partial charge in [0.15, 0.2) is 4.34 Å². The van der Waals surface area contributed by atoms with Crippen molar-refractivity contribution in [2.75, 3.05) is 42.1 Å². The number of rotatable bonds is 7. The van der Waals surface area contributed by atoms with Gasteiger partial charge in [0.25, 0.3) is 5.91 Å². The standard InChI is InChI=1S/C21H29N5O3S3/c1-2-30-21-24-23-20(31-21)22-19(27)16-9-10-17(25-11-5-3-6-12-25)18(15-16)32(28,29)26-13-7-4-8-14-26/h9-10,15H,2-8,11-14H2,1H3,(H,22,23,27). The minimum absolute atomic E-state index is 0.230. The smallest absolute Gasteiger partial charge is 0.257 e. The van der Waals surface area contributed by atoms with Crippen LogP contribution in [0.15, 0.2) is 27.4 Å². The minimum Gasteiger partial charge on any atom is -0.370 e. The number of benzene rings is 1. The summed E-state index contributed by atoms with van der Waals surface area (Å²) >= 11 is 2.87. The van der Waals surface area contributed by atoms with E-state index in [1.807, 2.05) is 6.92 Å². The predicted octanol–water partition coefficient (Wildman–Crippen LogP) is 4.07. The van der Waals surface area contributed by atoms with Crippen LogP contribution in [0.2, 0.25) is 0 Å². The molecule has 3 heterocycles. The van der Waals surface area contributed by atoms with Gasteiger partial charge in [0.05, 0.1) is 5.69 Å². The summed E-state index contributed by atoms with van der Waals surface area (Å²) in [6.45, 7) is 4.74. The van der Waals surface area contributed by atoms with E-state index in [1.165, 1.54) is 17.4 Å². The summed E-state index contributed by atoms with van der Waals surface area (Å²) in [6, 6.07) is 5.03. The van der Waals surface area contributed by atoms with E-state index in [4.69, 9.17) is 0 Å². The van der Waals surface area contributed by atoms with Crippen LogP contribution in [0.3, 0.4) is 0 Å². The number of nitrogens with one attached hydrogen (secondary N) is 1. The number of anilines is 2. The summed E-state index contributed by atoms with van der Waals surface area (Å²) in [7, 11) is -3.69. The molecule has 2 fully saturated rings. The van der Waals surface area contributed by atoms with Crippen molar-refractivity contribution in [2.24, 2.45) is 0 Å². The molecule has 1 N–H and O–H groups in total. The molecule has 174 valence electrons. The number of carbonyl (C=O) groups is 1. The number of nitrogens with zero attached hydrogens (tertiary/aromatic N) is 4. The lowest BCUT2D eigenvalue weighted by atomic mass is 10.1. The molecule has 0 aliphatic carbocycles. The Kier molecular flexibility index (Phi) is 7.70. The fourth-order valence-corrected chi connectivity index (χ4v) is 7.51. The van der Waals surface area contributed by atoms with E-state index in [9.17, 15) is 13.2 Å². The van der Waals surface area contributed by atoms with Crippen LogP contribution < -0.4 is 10.2 Å². The first-order chi connectivity index (χ1) is 15.5. The molecule has 2 aliphatic heterocycles. The highest BCUT2D eigenvalue weighted by molar-refractivity contribution is 8.01. The summed E-state index contributed by atoms with van der Waals surface area (Å²) in [5, 5.41) is 11.2. The molecule has 32 heavy (non-hydrogen) atoms. The molecule has 0 radical (unpaired) electrons. The Morgan fingerprint density at radius 3 is 2.44 bits per heavy atom. The van der Waals surface area contributed by atoms with Crippen LogP contribution in [0.4, 0.5) is 10.8 Å². The Balaban J connectivity index is 1.65. The molecule has 1 amide bonds. The molecule has 0 bridgehead atoms. The van der Waals surface area contributed by atoms with Gasteiger partial charge in [0, 0.05) is 31.7 Å². The molecule has 1 aromatic heterocycles. The number of piperidine rings is 2. The van der Waals surface area contributed by atoms with Gasteiger partial charge >= 0.3 is 0 Å². The largest absolute Gasteiger partial charge is 0.370 e. The maximum absolute atomic E-state index is 13.6. The Morgan fingerprint density at radius 1 is 1.06 bits per heavy atom. The molecule has 2 aliphatic rings. The average Bonchev–Trinajstić information content (AvgIpc) is 3.27.